The van der Waals surface area contributed by atoms with Gasteiger partial charge in [-0.15, -0.1) is 0 Å². The minimum Gasteiger partial charge on any atom is -0.392 e. The molecule has 0 aromatic rings. The van der Waals surface area contributed by atoms with Crippen molar-refractivity contribution in [3.05, 3.63) is 154 Å². The van der Waals surface area contributed by atoms with Gasteiger partial charge >= 0.3 is 0 Å². The molecule has 222 valence electrons. The predicted octanol–water partition coefficient (Wildman–Crippen LogP) is 11.9. The molecule has 0 aromatic carbocycles. The topological polar surface area (TPSA) is 20.2 Å². The van der Waals surface area contributed by atoms with Gasteiger partial charge in [0.25, 0.3) is 0 Å². The van der Waals surface area contributed by atoms with Crippen molar-refractivity contribution in [3.8, 4) is 0 Å². The molecule has 0 amide bonds. The van der Waals surface area contributed by atoms with Gasteiger partial charge in [0.1, 0.15) is 0 Å². The molecule has 0 fully saturated rings. The van der Waals surface area contributed by atoms with E-state index in [0.29, 0.717) is 0 Å². The Bertz CT molecular complexity index is 1160. The van der Waals surface area contributed by atoms with Crippen LogP contribution in [0.15, 0.2) is 154 Å². The van der Waals surface area contributed by atoms with Crippen molar-refractivity contribution in [1.29, 1.82) is 0 Å². The molecule has 0 aliphatic heterocycles. The Hall–Kier alpha value is -3.42. The van der Waals surface area contributed by atoms with Crippen LogP contribution in [0.4, 0.5) is 0 Å². The molecule has 0 aliphatic rings. The van der Waals surface area contributed by atoms with Gasteiger partial charge in [-0.1, -0.05) is 148 Å². The second-order valence-corrected chi connectivity index (χ2v) is 11.1. The van der Waals surface area contributed by atoms with Crippen LogP contribution in [0.2, 0.25) is 0 Å². The summed E-state index contributed by atoms with van der Waals surface area (Å²) < 4.78 is 0. The first-order valence-corrected chi connectivity index (χ1v) is 14.8. The van der Waals surface area contributed by atoms with E-state index in [-0.39, 0.29) is 6.61 Å². The van der Waals surface area contributed by atoms with Crippen molar-refractivity contribution in [2.24, 2.45) is 0 Å². The van der Waals surface area contributed by atoms with Gasteiger partial charge in [0.15, 0.2) is 0 Å². The summed E-state index contributed by atoms with van der Waals surface area (Å²) in [5, 5.41) is 9.68. The third kappa shape index (κ3) is 25.3. The van der Waals surface area contributed by atoms with Crippen LogP contribution >= 0.6 is 0 Å². The van der Waals surface area contributed by atoms with Crippen molar-refractivity contribution >= 4 is 0 Å². The van der Waals surface area contributed by atoms with E-state index in [1.54, 1.807) is 0 Å². The highest BCUT2D eigenvalue weighted by molar-refractivity contribution is 5.33. The fraction of sp³-hybridized carbons (Fsp3) is 0.350. The molecule has 0 bridgehead atoms. The van der Waals surface area contributed by atoms with Gasteiger partial charge < -0.3 is 5.11 Å². The molecule has 0 unspecified atom stereocenters. The third-order valence-electron chi connectivity index (χ3n) is 6.01. The monoisotopic (exact) mass is 552 g/mol. The van der Waals surface area contributed by atoms with Crippen LogP contribution in [0, 0.1) is 0 Å². The van der Waals surface area contributed by atoms with Crippen LogP contribution in [-0.4, -0.2) is 11.7 Å². The molecule has 0 spiro atoms. The molecule has 0 atom stereocenters. The number of rotatable bonds is 17. The SMILES string of the molecule is CC(C)=CCC/C(C)=C/C=C/C(C)=C/C=C/C(C)=C/C=C/C=C(\C=C\C=C(C)\C=C\C=C(/C)CCC=C(C)C)CO. The summed E-state index contributed by atoms with van der Waals surface area (Å²) >= 11 is 0. The van der Waals surface area contributed by atoms with Crippen molar-refractivity contribution in [1.82, 2.24) is 0 Å². The average molecular weight is 553 g/mol. The summed E-state index contributed by atoms with van der Waals surface area (Å²) in [6.45, 7) is 19.2. The van der Waals surface area contributed by atoms with Gasteiger partial charge in [0.2, 0.25) is 0 Å². The molecular weight excluding hydrogens is 496 g/mol. The Morgan fingerprint density at radius 1 is 0.439 bits per heavy atom. The standard InChI is InChI=1S/C40H56O/c1-33(2)18-12-21-36(6)24-15-27-38(8)26-14-23-35(5)20-10-11-30-40(32-41)31-17-29-39(9)28-16-25-37(7)22-13-19-34(3)4/h10-11,14-20,23-31,41H,12-13,21-22,32H2,1-9H3/b11-10+,23-14+,27-15+,28-16+,31-17+,35-20+,36-24+,37-25+,38-26+,39-29+,40-30+. The quantitative estimate of drug-likeness (QED) is 0.140. The second-order valence-electron chi connectivity index (χ2n) is 11.1. The lowest BCUT2D eigenvalue weighted by atomic mass is 10.1. The van der Waals surface area contributed by atoms with Crippen LogP contribution in [0.5, 0.6) is 0 Å². The van der Waals surface area contributed by atoms with E-state index in [2.05, 4.69) is 141 Å². The minimum absolute atomic E-state index is 0.00153. The number of aliphatic hydroxyl groups excluding tert-OH is 1. The minimum atomic E-state index is 0.00153. The highest BCUT2D eigenvalue weighted by atomic mass is 16.3. The number of hydrogen-bond donors (Lipinski definition) is 1. The second kappa shape index (κ2) is 24.4. The zero-order valence-corrected chi connectivity index (χ0v) is 27.4. The summed E-state index contributed by atoms with van der Waals surface area (Å²) in [6, 6.07) is 0. The van der Waals surface area contributed by atoms with Crippen LogP contribution < -0.4 is 0 Å². The summed E-state index contributed by atoms with van der Waals surface area (Å²) in [4.78, 5) is 0. The molecule has 41 heavy (non-hydrogen) atoms. The highest BCUT2D eigenvalue weighted by Crippen LogP contribution is 2.09. The summed E-state index contributed by atoms with van der Waals surface area (Å²) in [7, 11) is 0. The molecule has 1 nitrogen and oxygen atoms in total. The molecule has 0 heterocycles. The van der Waals surface area contributed by atoms with Crippen LogP contribution in [-0.2, 0) is 0 Å². The zero-order chi connectivity index (χ0) is 30.9. The van der Waals surface area contributed by atoms with Crippen LogP contribution in [0.25, 0.3) is 0 Å². The van der Waals surface area contributed by atoms with Gasteiger partial charge in [0.05, 0.1) is 6.61 Å². The maximum absolute atomic E-state index is 9.68. The zero-order valence-electron chi connectivity index (χ0n) is 27.4. The molecule has 0 saturated heterocycles. The lowest BCUT2D eigenvalue weighted by Gasteiger charge is -1.97. The Kier molecular flexibility index (Phi) is 22.3. The van der Waals surface area contributed by atoms with E-state index in [0.717, 1.165) is 42.4 Å². The van der Waals surface area contributed by atoms with E-state index < -0.39 is 0 Å². The normalized spacial score (nSPS) is 15.0. The lowest BCUT2D eigenvalue weighted by Crippen LogP contribution is -1.84. The van der Waals surface area contributed by atoms with E-state index >= 15 is 0 Å². The maximum Gasteiger partial charge on any atom is 0.0681 e. The van der Waals surface area contributed by atoms with Crippen molar-refractivity contribution in [2.75, 3.05) is 6.61 Å². The molecule has 0 aromatic heterocycles. The van der Waals surface area contributed by atoms with Gasteiger partial charge in [-0.2, -0.15) is 0 Å². The van der Waals surface area contributed by atoms with Gasteiger partial charge in [-0.25, -0.2) is 0 Å². The molecular formula is C40H56O. The van der Waals surface area contributed by atoms with Crippen molar-refractivity contribution in [2.45, 2.75) is 88.0 Å². The Balaban J connectivity index is 4.84. The van der Waals surface area contributed by atoms with Crippen molar-refractivity contribution in [3.63, 3.8) is 0 Å². The Morgan fingerprint density at radius 3 is 1.22 bits per heavy atom. The van der Waals surface area contributed by atoms with Gasteiger partial charge in [-0.3, -0.25) is 0 Å². The van der Waals surface area contributed by atoms with Gasteiger partial charge in [-0.05, 0) is 93.6 Å². The molecule has 0 rings (SSSR count). The van der Waals surface area contributed by atoms with E-state index in [1.165, 1.54) is 27.9 Å². The molecule has 0 aliphatic carbocycles. The number of aliphatic hydroxyl groups is 1. The van der Waals surface area contributed by atoms with Crippen molar-refractivity contribution < 1.29 is 5.11 Å². The Labute approximate surface area is 253 Å². The summed E-state index contributed by atoms with van der Waals surface area (Å²) in [5.41, 5.74) is 9.91. The molecule has 1 heteroatoms. The first-order chi connectivity index (χ1) is 19.5. The molecule has 0 radical (unpaired) electrons. The van der Waals surface area contributed by atoms with E-state index in [1.807, 2.05) is 30.4 Å². The first kappa shape index (κ1) is 37.6. The molecule has 1 N–H and O–H groups in total. The smallest absolute Gasteiger partial charge is 0.0681 e. The van der Waals surface area contributed by atoms with Crippen LogP contribution in [0.3, 0.4) is 0 Å². The third-order valence-corrected chi connectivity index (χ3v) is 6.01. The summed E-state index contributed by atoms with van der Waals surface area (Å²) in [5.74, 6) is 0. The first-order valence-electron chi connectivity index (χ1n) is 14.8. The lowest BCUT2D eigenvalue weighted by molar-refractivity contribution is 0.335. The van der Waals surface area contributed by atoms with Crippen LogP contribution in [0.1, 0.15) is 88.0 Å². The number of hydrogen-bond acceptors (Lipinski definition) is 1. The molecule has 0 saturated carbocycles. The fourth-order valence-electron chi connectivity index (χ4n) is 3.46. The Morgan fingerprint density at radius 2 is 0.805 bits per heavy atom. The van der Waals surface area contributed by atoms with E-state index in [4.69, 9.17) is 0 Å². The maximum atomic E-state index is 9.68. The highest BCUT2D eigenvalue weighted by Gasteiger charge is 1.89. The fourth-order valence-corrected chi connectivity index (χ4v) is 3.46. The number of allylic oxidation sites excluding steroid dienone is 24. The van der Waals surface area contributed by atoms with Gasteiger partial charge in [0, 0.05) is 0 Å². The van der Waals surface area contributed by atoms with E-state index in [9.17, 15) is 5.11 Å². The summed E-state index contributed by atoms with van der Waals surface area (Å²) in [6.07, 6.45) is 42.0. The predicted molar refractivity (Wildman–Crippen MR) is 187 cm³/mol. The largest absolute Gasteiger partial charge is 0.392 e. The average Bonchev–Trinajstić information content (AvgIpc) is 2.89.